The molecule has 2 heterocycles. The molecule has 29 heteroatoms. The van der Waals surface area contributed by atoms with E-state index in [0.717, 1.165) is 25.8 Å². The van der Waals surface area contributed by atoms with Gasteiger partial charge in [-0.2, -0.15) is 0 Å². The third-order valence-electron chi connectivity index (χ3n) is 15.7. The first-order chi connectivity index (χ1) is 42.6. The molecule has 4 N–H and O–H groups in total. The second kappa shape index (κ2) is 39.6. The number of nitrogens with zero attached hydrogens (tertiary/aromatic N) is 2. The van der Waals surface area contributed by atoms with Crippen LogP contribution in [0.4, 0.5) is 0 Å². The summed E-state index contributed by atoms with van der Waals surface area (Å²) >= 11 is 0. The van der Waals surface area contributed by atoms with Crippen LogP contribution < -0.4 is 5.32 Å². The Balaban J connectivity index is 2.57. The van der Waals surface area contributed by atoms with E-state index in [1.807, 2.05) is 30.9 Å². The Labute approximate surface area is 546 Å². The van der Waals surface area contributed by atoms with Crippen LogP contribution in [0.5, 0.6) is 0 Å². The lowest BCUT2D eigenvalue weighted by Gasteiger charge is -2.43. The number of aliphatic hydroxyl groups is 2. The highest BCUT2D eigenvalue weighted by Gasteiger charge is 2.55. The van der Waals surface area contributed by atoms with Gasteiger partial charge < -0.3 is 72.9 Å². The average Bonchev–Trinajstić information content (AvgIpc) is 0.818. The van der Waals surface area contributed by atoms with Crippen molar-refractivity contribution in [2.45, 2.75) is 206 Å². The van der Waals surface area contributed by atoms with Crippen molar-refractivity contribution in [3.63, 3.8) is 0 Å². The lowest BCUT2D eigenvalue weighted by molar-refractivity contribution is -0.308. The van der Waals surface area contributed by atoms with Gasteiger partial charge in [-0.15, -0.1) is 0 Å². The molecule has 25 nitrogen and oxygen atoms in total. The van der Waals surface area contributed by atoms with Gasteiger partial charge in [-0.25, -0.2) is 4.98 Å². The van der Waals surface area contributed by atoms with Crippen LogP contribution in [0.25, 0.3) is 0 Å². The van der Waals surface area contributed by atoms with Crippen molar-refractivity contribution in [3.05, 3.63) is 24.4 Å². The van der Waals surface area contributed by atoms with E-state index in [9.17, 15) is 53.7 Å². The molecule has 0 bridgehead atoms. The molecule has 2 rings (SSSR count). The molecule has 91 heavy (non-hydrogen) atoms. The second-order valence-electron chi connectivity index (χ2n) is 25.1. The minimum absolute atomic E-state index is 0.0405. The van der Waals surface area contributed by atoms with Crippen molar-refractivity contribution in [1.29, 1.82) is 0 Å². The molecule has 0 aromatic carbocycles. The maximum atomic E-state index is 15.0. The van der Waals surface area contributed by atoms with E-state index in [0.29, 0.717) is 31.6 Å². The summed E-state index contributed by atoms with van der Waals surface area (Å²) < 4.78 is 56.9. The van der Waals surface area contributed by atoms with Crippen molar-refractivity contribution >= 4 is 89.8 Å². The molecule has 1 amide bonds. The number of aliphatic carboxylic acids is 1. The molecule has 1 saturated heterocycles. The Bertz CT molecular complexity index is 2490. The first kappa shape index (κ1) is 82.1. The molecule has 0 aliphatic carbocycles. The van der Waals surface area contributed by atoms with Crippen LogP contribution in [0, 0.1) is 21.7 Å². The number of hydrogen-bond acceptors (Lipinski definition) is 25. The van der Waals surface area contributed by atoms with Crippen molar-refractivity contribution in [3.8, 4) is 0 Å². The number of ether oxygens (including phenoxy) is 10. The lowest BCUT2D eigenvalue weighted by Crippen LogP contribution is -2.62. The zero-order chi connectivity index (χ0) is 68.8. The summed E-state index contributed by atoms with van der Waals surface area (Å²) in [7, 11) is 9.62. The number of aromatic nitrogens is 1. The first-order valence-corrected chi connectivity index (χ1v) is 33.3. The van der Waals surface area contributed by atoms with Crippen LogP contribution in [0.1, 0.15) is 141 Å². The molecule has 0 saturated carbocycles. The summed E-state index contributed by atoms with van der Waals surface area (Å²) in [5, 5.41) is 31.6. The van der Waals surface area contributed by atoms with Crippen LogP contribution in [-0.2, 0) is 90.5 Å². The van der Waals surface area contributed by atoms with E-state index in [4.69, 9.17) is 47.4 Å². The maximum absolute atomic E-state index is 15.0. The van der Waals surface area contributed by atoms with Crippen LogP contribution in [0.15, 0.2) is 29.4 Å². The van der Waals surface area contributed by atoms with Gasteiger partial charge >= 0.3 is 47.8 Å². The SMILES string of the molecule is CCCCOC(=O)C(C)(CC(C)(CCC)C(=O)O)CC(C)(C[B]C(C)(CC(C)(C[B]C(C)(CC)C(=O)OCCOCCO[C@@H]1O[C@H](CO)[C@H](OC(C)=O)[C@H](OC(C)=O)[C@H]1OC(C)=O)C(=O)NCC(C)O)C(=O)OCCSSc1ccccn1)C(=O)OCCN(C)C. The standard InChI is InChI=1S/C62H101B2N3O22S2/c1-16-19-26-82-53(76)58(9,36-57(8,23-17-2)52(74)75)37-60(11,54(77)83-27-25-67(14)15)40-64-62(13,56(79)85-32-33-90-91-46-22-20-21-24-65-46)38-59(10,51(73)66-34-41(4)69)39-63-61(12,18-3)55(78)84-31-29-80-28-30-81-50-49(88-44(7)72)48(87-43(6)71)47(86-42(5)70)45(35-68)89-50/h20-22,24,41,45,47-50,68-69H,16-19,23,25-40H2,1-15H3,(H,66,73)(H,74,75)/t41?,45-,47+,48+,49-,50-,57?,58?,59?,60?,61?,62?/m1/s1. The molecule has 514 valence electrons. The number of amides is 1. The summed E-state index contributed by atoms with van der Waals surface area (Å²) in [6, 6.07) is 5.47. The van der Waals surface area contributed by atoms with Gasteiger partial charge in [-0.3, -0.25) is 43.2 Å². The number of carboxylic acid groups (broad SMARTS) is 1. The molecule has 1 aliphatic heterocycles. The quantitative estimate of drug-likeness (QED) is 0.0178. The van der Waals surface area contributed by atoms with Gasteiger partial charge in [0.1, 0.15) is 45.5 Å². The molecule has 0 spiro atoms. The summed E-state index contributed by atoms with van der Waals surface area (Å²) in [5.41, 5.74) is -6.21. The highest BCUT2D eigenvalue weighted by Crippen LogP contribution is 2.51. The number of likely N-dealkylation sites (N-methyl/N-ethyl adjacent to an activating group) is 1. The normalized spacial score (nSPS) is 20.8. The number of carbonyl (C=O) groups is 9. The van der Waals surface area contributed by atoms with Gasteiger partial charge in [-0.1, -0.05) is 83.9 Å². The largest absolute Gasteiger partial charge is 0.481 e. The van der Waals surface area contributed by atoms with E-state index in [1.165, 1.54) is 28.5 Å². The van der Waals surface area contributed by atoms with E-state index >= 15 is 4.79 Å². The number of carbonyl (C=O) groups excluding carboxylic acids is 8. The minimum Gasteiger partial charge on any atom is -0.481 e. The van der Waals surface area contributed by atoms with Crippen LogP contribution >= 0.6 is 21.6 Å². The van der Waals surface area contributed by atoms with E-state index in [1.54, 1.807) is 89.4 Å². The smallest absolute Gasteiger partial charge is 0.311 e. The number of esters is 7. The van der Waals surface area contributed by atoms with E-state index in [-0.39, 0.29) is 97.5 Å². The highest BCUT2D eigenvalue weighted by atomic mass is 33.1. The lowest BCUT2D eigenvalue weighted by atomic mass is 9.40. The van der Waals surface area contributed by atoms with Gasteiger partial charge in [0.15, 0.2) is 24.6 Å². The fourth-order valence-corrected chi connectivity index (χ4v) is 12.3. The van der Waals surface area contributed by atoms with E-state index < -0.39 is 129 Å². The number of carboxylic acids is 1. The van der Waals surface area contributed by atoms with Gasteiger partial charge in [0, 0.05) is 61.9 Å². The van der Waals surface area contributed by atoms with Crippen LogP contribution in [0.3, 0.4) is 0 Å². The van der Waals surface area contributed by atoms with Crippen LogP contribution in [0.2, 0.25) is 23.3 Å². The molecule has 1 aromatic heterocycles. The molecule has 7 unspecified atom stereocenters. The van der Waals surface area contributed by atoms with Crippen molar-refractivity contribution in [1.82, 2.24) is 15.2 Å². The predicted octanol–water partition coefficient (Wildman–Crippen LogP) is 6.49. The zero-order valence-electron chi connectivity index (χ0n) is 56.1. The molecule has 2 radical (unpaired) electrons. The number of nitrogens with one attached hydrogen (secondary N) is 1. The summed E-state index contributed by atoms with van der Waals surface area (Å²) in [5.74, 6) is -6.61. The van der Waals surface area contributed by atoms with Crippen molar-refractivity contribution < 1.29 is 106 Å². The predicted molar refractivity (Wildman–Crippen MR) is 341 cm³/mol. The second-order valence-corrected chi connectivity index (χ2v) is 27.5. The number of hydrogen-bond donors (Lipinski definition) is 4. The van der Waals surface area contributed by atoms with Crippen LogP contribution in [-0.4, -0.2) is 216 Å². The molecule has 1 aliphatic rings. The number of aliphatic hydroxyl groups excluding tert-OH is 2. The highest BCUT2D eigenvalue weighted by molar-refractivity contribution is 8.76. The summed E-state index contributed by atoms with van der Waals surface area (Å²) in [6.07, 6.45) is -5.18. The number of pyridine rings is 1. The monoisotopic (exact) mass is 1330 g/mol. The first-order valence-electron chi connectivity index (χ1n) is 31.0. The third kappa shape index (κ3) is 27.5. The Morgan fingerprint density at radius 1 is 0.681 bits per heavy atom. The molecule has 1 fully saturated rings. The zero-order valence-corrected chi connectivity index (χ0v) is 57.7. The molecular formula is C62H101B2N3O22S2. The fraction of sp³-hybridized carbons (Fsp3) is 0.774. The van der Waals surface area contributed by atoms with Gasteiger partial charge in [0.2, 0.25) is 5.91 Å². The average molecular weight is 1330 g/mol. The maximum Gasteiger partial charge on any atom is 0.311 e. The molecular weight excluding hydrogens is 1220 g/mol. The van der Waals surface area contributed by atoms with E-state index in [2.05, 4.69) is 10.3 Å². The summed E-state index contributed by atoms with van der Waals surface area (Å²) in [4.78, 5) is 129. The van der Waals surface area contributed by atoms with Gasteiger partial charge in [0.05, 0.1) is 55.4 Å². The Kier molecular flexibility index (Phi) is 35.7. The van der Waals surface area contributed by atoms with Crippen molar-refractivity contribution in [2.75, 3.05) is 85.8 Å². The molecule has 12 atom stereocenters. The Morgan fingerprint density at radius 3 is 1.81 bits per heavy atom. The number of rotatable bonds is 45. The topological polar surface area (TPSA) is 335 Å². The van der Waals surface area contributed by atoms with Gasteiger partial charge in [-0.05, 0) is 103 Å². The fourth-order valence-electron chi connectivity index (χ4n) is 10.6. The summed E-state index contributed by atoms with van der Waals surface area (Å²) in [6.45, 7) is 18.6. The third-order valence-corrected chi connectivity index (χ3v) is 18.0. The minimum atomic E-state index is -1.73. The van der Waals surface area contributed by atoms with Crippen molar-refractivity contribution in [2.24, 2.45) is 21.7 Å². The molecule has 1 aromatic rings. The van der Waals surface area contributed by atoms with Gasteiger partial charge in [0.25, 0.3) is 0 Å². The number of unbranched alkanes of at least 4 members (excludes halogenated alkanes) is 1. The Morgan fingerprint density at radius 2 is 1.24 bits per heavy atom. The Hall–Kier alpha value is -5.03.